The van der Waals surface area contributed by atoms with Crippen LogP contribution in [0.4, 0.5) is 0 Å². The minimum atomic E-state index is 0.171. The summed E-state index contributed by atoms with van der Waals surface area (Å²) in [6, 6.07) is 10.8. The van der Waals surface area contributed by atoms with E-state index in [4.69, 9.17) is 0 Å². The van der Waals surface area contributed by atoms with Crippen LogP contribution in [-0.4, -0.2) is 74.4 Å². The predicted octanol–water partition coefficient (Wildman–Crippen LogP) is 1.96. The number of rotatable bonds is 7. The van der Waals surface area contributed by atoms with Crippen molar-refractivity contribution in [1.82, 2.24) is 30.0 Å². The van der Waals surface area contributed by atoms with Gasteiger partial charge in [-0.3, -0.25) is 9.69 Å². The van der Waals surface area contributed by atoms with Crippen molar-refractivity contribution in [3.63, 3.8) is 0 Å². The van der Waals surface area contributed by atoms with Gasteiger partial charge in [-0.05, 0) is 28.8 Å². The summed E-state index contributed by atoms with van der Waals surface area (Å²) in [4.78, 5) is 16.8. The van der Waals surface area contributed by atoms with Gasteiger partial charge in [0.15, 0.2) is 0 Å². The summed E-state index contributed by atoms with van der Waals surface area (Å²) in [6.07, 6.45) is 6.61. The van der Waals surface area contributed by atoms with Crippen molar-refractivity contribution in [2.24, 2.45) is 0 Å². The maximum Gasteiger partial charge on any atom is 0.233 e. The van der Waals surface area contributed by atoms with Crippen LogP contribution in [0.25, 0.3) is 6.08 Å². The fraction of sp³-hybridized carbons (Fsp3) is 0.474. The minimum absolute atomic E-state index is 0.171. The Hall–Kier alpha value is -2.19. The Bertz CT molecular complexity index is 781. The number of thioether (sulfide) groups is 1. The van der Waals surface area contributed by atoms with E-state index in [1.54, 1.807) is 0 Å². The van der Waals surface area contributed by atoms with Crippen LogP contribution in [0.3, 0.4) is 0 Å². The highest BCUT2D eigenvalue weighted by molar-refractivity contribution is 7.99. The Kier molecular flexibility index (Phi) is 5.84. The molecule has 1 saturated carbocycles. The number of benzene rings is 1. The molecule has 7 nitrogen and oxygen atoms in total. The molecule has 1 aromatic carbocycles. The molecule has 0 radical (unpaired) electrons. The van der Waals surface area contributed by atoms with Gasteiger partial charge in [0.2, 0.25) is 11.1 Å². The highest BCUT2D eigenvalue weighted by atomic mass is 32.2. The van der Waals surface area contributed by atoms with Crippen LogP contribution in [-0.2, 0) is 4.79 Å². The quantitative estimate of drug-likeness (QED) is 0.680. The molecule has 0 bridgehead atoms. The maximum absolute atomic E-state index is 12.5. The Balaban J connectivity index is 1.19. The number of piperazine rings is 1. The second kappa shape index (κ2) is 8.67. The van der Waals surface area contributed by atoms with Crippen molar-refractivity contribution in [2.75, 3.05) is 38.5 Å². The van der Waals surface area contributed by atoms with Gasteiger partial charge in [-0.1, -0.05) is 54.2 Å². The largest absolute Gasteiger partial charge is 0.339 e. The molecule has 1 aliphatic heterocycles. The summed E-state index contributed by atoms with van der Waals surface area (Å²) < 4.78 is 1.86. The van der Waals surface area contributed by atoms with E-state index in [-0.39, 0.29) is 5.91 Å². The van der Waals surface area contributed by atoms with E-state index >= 15 is 0 Å². The lowest BCUT2D eigenvalue weighted by Crippen LogP contribution is -2.49. The number of amides is 1. The smallest absolute Gasteiger partial charge is 0.233 e. The third kappa shape index (κ3) is 4.95. The summed E-state index contributed by atoms with van der Waals surface area (Å²) in [5, 5.41) is 12.6. The van der Waals surface area contributed by atoms with Gasteiger partial charge in [0.25, 0.3) is 0 Å². The molecule has 1 saturated heterocycles. The van der Waals surface area contributed by atoms with E-state index < -0.39 is 0 Å². The lowest BCUT2D eigenvalue weighted by atomic mass is 10.2. The molecule has 2 fully saturated rings. The molecular weight excluding hydrogens is 360 g/mol. The highest BCUT2D eigenvalue weighted by Crippen LogP contribution is 2.36. The van der Waals surface area contributed by atoms with Crippen LogP contribution in [0.2, 0.25) is 0 Å². The molecule has 8 heteroatoms. The summed E-state index contributed by atoms with van der Waals surface area (Å²) in [5.41, 5.74) is 1.22. The van der Waals surface area contributed by atoms with Crippen molar-refractivity contribution in [3.05, 3.63) is 42.0 Å². The number of carbonyl (C=O) groups is 1. The highest BCUT2D eigenvalue weighted by Gasteiger charge is 2.28. The zero-order valence-electron chi connectivity index (χ0n) is 15.3. The molecule has 0 unspecified atom stereocenters. The Morgan fingerprint density at radius 2 is 1.93 bits per heavy atom. The van der Waals surface area contributed by atoms with Crippen molar-refractivity contribution < 1.29 is 4.79 Å². The minimum Gasteiger partial charge on any atom is -0.339 e. The number of hydrogen-bond donors (Lipinski definition) is 0. The molecule has 0 atom stereocenters. The molecule has 2 aliphatic rings. The van der Waals surface area contributed by atoms with Gasteiger partial charge in [-0.25, -0.2) is 4.68 Å². The maximum atomic E-state index is 12.5. The van der Waals surface area contributed by atoms with Gasteiger partial charge in [-0.15, -0.1) is 5.10 Å². The first-order valence-electron chi connectivity index (χ1n) is 9.42. The van der Waals surface area contributed by atoms with Gasteiger partial charge >= 0.3 is 0 Å². The van der Waals surface area contributed by atoms with Crippen molar-refractivity contribution in [1.29, 1.82) is 0 Å². The first kappa shape index (κ1) is 18.2. The molecular formula is C19H24N6OS. The van der Waals surface area contributed by atoms with Crippen LogP contribution >= 0.6 is 11.8 Å². The Morgan fingerprint density at radius 1 is 1.15 bits per heavy atom. The fourth-order valence-electron chi connectivity index (χ4n) is 3.13. The number of tetrazole rings is 1. The van der Waals surface area contributed by atoms with Gasteiger partial charge in [0.1, 0.15) is 0 Å². The molecule has 1 amide bonds. The summed E-state index contributed by atoms with van der Waals surface area (Å²) in [6.45, 7) is 4.31. The molecule has 0 N–H and O–H groups in total. The van der Waals surface area contributed by atoms with Crippen molar-refractivity contribution in [3.8, 4) is 0 Å². The van der Waals surface area contributed by atoms with Gasteiger partial charge < -0.3 is 4.90 Å². The average molecular weight is 385 g/mol. The molecule has 2 aromatic rings. The topological polar surface area (TPSA) is 67.2 Å². The lowest BCUT2D eigenvalue weighted by molar-refractivity contribution is -0.130. The van der Waals surface area contributed by atoms with E-state index in [1.807, 2.05) is 27.8 Å². The van der Waals surface area contributed by atoms with Gasteiger partial charge in [0, 0.05) is 32.7 Å². The number of hydrogen-bond acceptors (Lipinski definition) is 6. The van der Waals surface area contributed by atoms with E-state index in [0.717, 1.165) is 50.7 Å². The standard InChI is InChI=1S/C19H24N6OS/c26-18(15-27-19-20-21-22-25(19)17-8-9-17)24-13-11-23(12-14-24)10-4-7-16-5-2-1-3-6-16/h1-7,17H,8-15H2. The van der Waals surface area contributed by atoms with Crippen molar-refractivity contribution in [2.45, 2.75) is 24.0 Å². The van der Waals surface area contributed by atoms with Crippen LogP contribution in [0.1, 0.15) is 24.4 Å². The summed E-state index contributed by atoms with van der Waals surface area (Å²) >= 11 is 1.45. The summed E-state index contributed by atoms with van der Waals surface area (Å²) in [5.74, 6) is 0.575. The average Bonchev–Trinajstić information content (AvgIpc) is 3.45. The van der Waals surface area contributed by atoms with E-state index in [1.165, 1.54) is 17.3 Å². The van der Waals surface area contributed by atoms with Gasteiger partial charge in [-0.2, -0.15) is 0 Å². The molecule has 1 aromatic heterocycles. The van der Waals surface area contributed by atoms with E-state index in [2.05, 4.69) is 44.7 Å². The Morgan fingerprint density at radius 3 is 2.67 bits per heavy atom. The van der Waals surface area contributed by atoms with Crippen LogP contribution in [0, 0.1) is 0 Å². The van der Waals surface area contributed by atoms with E-state index in [9.17, 15) is 4.79 Å². The van der Waals surface area contributed by atoms with Crippen LogP contribution in [0.15, 0.2) is 41.6 Å². The molecule has 1 aliphatic carbocycles. The molecule has 2 heterocycles. The normalized spacial score (nSPS) is 18.3. The first-order valence-corrected chi connectivity index (χ1v) is 10.4. The van der Waals surface area contributed by atoms with Crippen molar-refractivity contribution >= 4 is 23.7 Å². The van der Waals surface area contributed by atoms with Crippen LogP contribution < -0.4 is 0 Å². The number of carbonyl (C=O) groups excluding carboxylic acids is 1. The third-order valence-corrected chi connectivity index (χ3v) is 5.80. The Labute approximate surface area is 163 Å². The zero-order chi connectivity index (χ0) is 18.5. The van der Waals surface area contributed by atoms with Crippen LogP contribution in [0.5, 0.6) is 0 Å². The zero-order valence-corrected chi connectivity index (χ0v) is 16.1. The third-order valence-electron chi connectivity index (χ3n) is 4.88. The second-order valence-electron chi connectivity index (χ2n) is 6.92. The first-order chi connectivity index (χ1) is 13.3. The molecule has 4 rings (SSSR count). The molecule has 27 heavy (non-hydrogen) atoms. The predicted molar refractivity (Wildman–Crippen MR) is 105 cm³/mol. The second-order valence-corrected chi connectivity index (χ2v) is 7.86. The van der Waals surface area contributed by atoms with E-state index in [0.29, 0.717) is 11.8 Å². The monoisotopic (exact) mass is 384 g/mol. The summed E-state index contributed by atoms with van der Waals surface area (Å²) in [7, 11) is 0. The molecule has 0 spiro atoms. The lowest BCUT2D eigenvalue weighted by Gasteiger charge is -2.34. The van der Waals surface area contributed by atoms with Gasteiger partial charge in [0.05, 0.1) is 11.8 Å². The fourth-order valence-corrected chi connectivity index (χ4v) is 3.98. The number of aromatic nitrogens is 4. The molecule has 142 valence electrons. The number of nitrogens with zero attached hydrogens (tertiary/aromatic N) is 6. The SMILES string of the molecule is O=C(CSc1nnnn1C1CC1)N1CCN(CC=Cc2ccccc2)CC1.